The summed E-state index contributed by atoms with van der Waals surface area (Å²) >= 11 is 5.98. The van der Waals surface area contributed by atoms with E-state index in [-0.39, 0.29) is 0 Å². The first-order valence-corrected chi connectivity index (χ1v) is 5.19. The Bertz CT molecular complexity index is 342. The number of hydrogen-bond donors (Lipinski definition) is 1. The van der Waals surface area contributed by atoms with Gasteiger partial charge in [-0.05, 0) is 24.6 Å². The summed E-state index contributed by atoms with van der Waals surface area (Å²) in [6.45, 7) is 3.54. The smallest absolute Gasteiger partial charge is 0.0656 e. The average Bonchev–Trinajstić information content (AvgIpc) is 2.20. The normalized spacial score (nSPS) is 10.4. The van der Waals surface area contributed by atoms with Crippen molar-refractivity contribution < 1.29 is 4.74 Å². The van der Waals surface area contributed by atoms with Gasteiger partial charge in [-0.1, -0.05) is 11.6 Å². The number of anilines is 2. The highest BCUT2D eigenvalue weighted by atomic mass is 35.5. The second-order valence-electron chi connectivity index (χ2n) is 3.57. The minimum atomic E-state index is 0.597. The molecule has 0 heterocycles. The van der Waals surface area contributed by atoms with E-state index in [1.54, 1.807) is 7.11 Å². The molecule has 1 aromatic rings. The number of rotatable bonds is 4. The maximum atomic E-state index is 5.98. The lowest BCUT2D eigenvalue weighted by atomic mass is 10.1. The summed E-state index contributed by atoms with van der Waals surface area (Å²) in [7, 11) is 3.70. The predicted octanol–water partition coefficient (Wildman–Crippen LogP) is 2.31. The lowest BCUT2D eigenvalue weighted by molar-refractivity contribution is 0.206. The highest BCUT2D eigenvalue weighted by molar-refractivity contribution is 6.33. The van der Waals surface area contributed by atoms with Crippen LogP contribution in [0, 0.1) is 6.92 Å². The Labute approximate surface area is 95.8 Å². The van der Waals surface area contributed by atoms with Gasteiger partial charge in [0.1, 0.15) is 0 Å². The molecule has 0 aliphatic carbocycles. The van der Waals surface area contributed by atoms with Crippen LogP contribution in [-0.2, 0) is 4.74 Å². The van der Waals surface area contributed by atoms with Crippen LogP contribution in [0.4, 0.5) is 11.4 Å². The van der Waals surface area contributed by atoms with E-state index in [0.717, 1.165) is 17.8 Å². The van der Waals surface area contributed by atoms with Gasteiger partial charge in [-0.2, -0.15) is 0 Å². The molecule has 0 aromatic heterocycles. The Hall–Kier alpha value is -0.930. The number of ether oxygens (including phenoxy) is 1. The van der Waals surface area contributed by atoms with E-state index in [1.165, 1.54) is 0 Å². The predicted molar refractivity (Wildman–Crippen MR) is 65.7 cm³/mol. The van der Waals surface area contributed by atoms with Crippen molar-refractivity contribution in [3.05, 3.63) is 22.7 Å². The number of halogens is 1. The number of hydrogen-bond acceptors (Lipinski definition) is 3. The molecule has 0 unspecified atom stereocenters. The molecule has 1 rings (SSSR count). The molecule has 0 amide bonds. The summed E-state index contributed by atoms with van der Waals surface area (Å²) in [6.07, 6.45) is 0. The number of likely N-dealkylation sites (N-methyl/N-ethyl adjacent to an activating group) is 1. The number of nitrogen functional groups attached to an aromatic ring is 1. The molecule has 0 fully saturated rings. The lowest BCUT2D eigenvalue weighted by Gasteiger charge is -2.21. The van der Waals surface area contributed by atoms with E-state index in [2.05, 4.69) is 4.90 Å². The maximum absolute atomic E-state index is 5.98. The van der Waals surface area contributed by atoms with Crippen molar-refractivity contribution in [1.82, 2.24) is 0 Å². The number of methoxy groups -OCH3 is 1. The number of aryl methyl sites for hydroxylation is 1. The van der Waals surface area contributed by atoms with Gasteiger partial charge in [0.15, 0.2) is 0 Å². The molecule has 0 radical (unpaired) electrons. The van der Waals surface area contributed by atoms with E-state index in [9.17, 15) is 0 Å². The van der Waals surface area contributed by atoms with E-state index in [1.807, 2.05) is 26.1 Å². The summed E-state index contributed by atoms with van der Waals surface area (Å²) in [5, 5.41) is 0.597. The summed E-state index contributed by atoms with van der Waals surface area (Å²) in [5.41, 5.74) is 8.55. The minimum absolute atomic E-state index is 0.597. The second-order valence-corrected chi connectivity index (χ2v) is 3.98. The van der Waals surface area contributed by atoms with Gasteiger partial charge >= 0.3 is 0 Å². The van der Waals surface area contributed by atoms with Gasteiger partial charge in [0, 0.05) is 26.4 Å². The fourth-order valence-corrected chi connectivity index (χ4v) is 1.61. The molecule has 0 atom stereocenters. The lowest BCUT2D eigenvalue weighted by Crippen LogP contribution is -2.22. The summed E-state index contributed by atoms with van der Waals surface area (Å²) in [4.78, 5) is 2.10. The van der Waals surface area contributed by atoms with Crippen molar-refractivity contribution in [3.8, 4) is 0 Å². The van der Waals surface area contributed by atoms with Crippen LogP contribution in [0.15, 0.2) is 12.1 Å². The van der Waals surface area contributed by atoms with Gasteiger partial charge in [-0.15, -0.1) is 0 Å². The largest absolute Gasteiger partial charge is 0.398 e. The molecule has 0 aliphatic rings. The van der Waals surface area contributed by atoms with E-state index < -0.39 is 0 Å². The first-order valence-electron chi connectivity index (χ1n) is 4.82. The molecular formula is C11H17ClN2O. The van der Waals surface area contributed by atoms with E-state index in [4.69, 9.17) is 22.1 Å². The molecular weight excluding hydrogens is 212 g/mol. The van der Waals surface area contributed by atoms with Crippen molar-refractivity contribution in [2.75, 3.05) is 37.9 Å². The molecule has 1 aromatic carbocycles. The van der Waals surface area contributed by atoms with Crippen LogP contribution in [0.3, 0.4) is 0 Å². The van der Waals surface area contributed by atoms with Crippen LogP contribution in [0.25, 0.3) is 0 Å². The molecule has 2 N–H and O–H groups in total. The van der Waals surface area contributed by atoms with E-state index in [0.29, 0.717) is 17.3 Å². The fraction of sp³-hybridized carbons (Fsp3) is 0.455. The van der Waals surface area contributed by atoms with Gasteiger partial charge in [0.2, 0.25) is 0 Å². The third-order valence-electron chi connectivity index (χ3n) is 2.36. The number of nitrogens with zero attached hydrogens (tertiary/aromatic N) is 1. The molecule has 0 aliphatic heterocycles. The molecule has 0 saturated carbocycles. The van der Waals surface area contributed by atoms with Gasteiger partial charge in [0.25, 0.3) is 0 Å². The SMILES string of the molecule is COCCN(C)c1cc(Cl)c(N)cc1C. The van der Waals surface area contributed by atoms with Gasteiger partial charge < -0.3 is 15.4 Å². The third-order valence-corrected chi connectivity index (χ3v) is 2.68. The molecule has 0 saturated heterocycles. The molecule has 0 spiro atoms. The summed E-state index contributed by atoms with van der Waals surface area (Å²) in [6, 6.07) is 3.78. The average molecular weight is 229 g/mol. The molecule has 84 valence electrons. The number of nitrogens with two attached hydrogens (primary N) is 1. The molecule has 4 heteroatoms. The Morgan fingerprint density at radius 1 is 1.47 bits per heavy atom. The maximum Gasteiger partial charge on any atom is 0.0656 e. The quantitative estimate of drug-likeness (QED) is 0.804. The van der Waals surface area contributed by atoms with Crippen LogP contribution >= 0.6 is 11.6 Å². The third kappa shape index (κ3) is 3.01. The Kier molecular flexibility index (Phi) is 4.24. The van der Waals surface area contributed by atoms with Gasteiger partial charge in [0.05, 0.1) is 17.3 Å². The van der Waals surface area contributed by atoms with Crippen molar-refractivity contribution in [3.63, 3.8) is 0 Å². The zero-order valence-corrected chi connectivity index (χ0v) is 10.1. The zero-order chi connectivity index (χ0) is 11.4. The van der Waals surface area contributed by atoms with Crippen LogP contribution in [0.5, 0.6) is 0 Å². The standard InChI is InChI=1S/C11H17ClN2O/c1-8-6-10(13)9(12)7-11(8)14(2)4-5-15-3/h6-7H,4-5,13H2,1-3H3. The molecule has 0 bridgehead atoms. The fourth-order valence-electron chi connectivity index (χ4n) is 1.45. The summed E-state index contributed by atoms with van der Waals surface area (Å²) < 4.78 is 5.03. The van der Waals surface area contributed by atoms with Crippen molar-refractivity contribution in [2.24, 2.45) is 0 Å². The zero-order valence-electron chi connectivity index (χ0n) is 9.38. The Balaban J connectivity index is 2.88. The monoisotopic (exact) mass is 228 g/mol. The van der Waals surface area contributed by atoms with Crippen LogP contribution in [-0.4, -0.2) is 27.3 Å². The molecule has 15 heavy (non-hydrogen) atoms. The van der Waals surface area contributed by atoms with E-state index >= 15 is 0 Å². The highest BCUT2D eigenvalue weighted by Gasteiger charge is 2.07. The van der Waals surface area contributed by atoms with Gasteiger partial charge in [-0.3, -0.25) is 0 Å². The van der Waals surface area contributed by atoms with Crippen LogP contribution < -0.4 is 10.6 Å². The van der Waals surface area contributed by atoms with Crippen LogP contribution in [0.2, 0.25) is 5.02 Å². The van der Waals surface area contributed by atoms with Crippen LogP contribution in [0.1, 0.15) is 5.56 Å². The Morgan fingerprint density at radius 3 is 2.73 bits per heavy atom. The van der Waals surface area contributed by atoms with Crippen molar-refractivity contribution >= 4 is 23.0 Å². The first-order chi connectivity index (χ1) is 7.06. The van der Waals surface area contributed by atoms with Gasteiger partial charge in [-0.25, -0.2) is 0 Å². The highest BCUT2D eigenvalue weighted by Crippen LogP contribution is 2.28. The van der Waals surface area contributed by atoms with Crippen molar-refractivity contribution in [1.29, 1.82) is 0 Å². The summed E-state index contributed by atoms with van der Waals surface area (Å²) in [5.74, 6) is 0. The molecule has 3 nitrogen and oxygen atoms in total. The number of benzene rings is 1. The first kappa shape index (κ1) is 12.1. The minimum Gasteiger partial charge on any atom is -0.398 e. The second kappa shape index (κ2) is 5.24. The topological polar surface area (TPSA) is 38.5 Å². The van der Waals surface area contributed by atoms with Crippen molar-refractivity contribution in [2.45, 2.75) is 6.92 Å². The Morgan fingerprint density at radius 2 is 2.13 bits per heavy atom.